The van der Waals surface area contributed by atoms with Gasteiger partial charge in [-0.3, -0.25) is 9.69 Å². The van der Waals surface area contributed by atoms with Crippen LogP contribution in [0.15, 0.2) is 67.0 Å². The fourth-order valence-electron chi connectivity index (χ4n) is 4.54. The second-order valence-electron chi connectivity index (χ2n) is 9.89. The number of nitrogens with zero attached hydrogens (tertiary/aromatic N) is 4. The quantitative estimate of drug-likeness (QED) is 0.218. The van der Waals surface area contributed by atoms with Gasteiger partial charge in [-0.25, -0.2) is 14.5 Å². The maximum absolute atomic E-state index is 13.0. The summed E-state index contributed by atoms with van der Waals surface area (Å²) in [6.07, 6.45) is -3.38. The van der Waals surface area contributed by atoms with Crippen molar-refractivity contribution in [1.29, 1.82) is 0 Å². The van der Waals surface area contributed by atoms with Gasteiger partial charge >= 0.3 is 12.4 Å². The Morgan fingerprint density at radius 1 is 1.04 bits per heavy atom. The van der Waals surface area contributed by atoms with E-state index >= 15 is 0 Å². The van der Waals surface area contributed by atoms with Crippen LogP contribution in [0.3, 0.4) is 0 Å². The third-order valence-corrected chi connectivity index (χ3v) is 7.64. The number of anilines is 2. The van der Waals surface area contributed by atoms with E-state index in [4.69, 9.17) is 14.2 Å². The van der Waals surface area contributed by atoms with Crippen LogP contribution in [0, 0.1) is 6.92 Å². The molecule has 5 rings (SSSR count). The highest BCUT2D eigenvalue weighted by Crippen LogP contribution is 2.34. The number of hydrogen-bond donors (Lipinski definition) is 2. The lowest BCUT2D eigenvalue weighted by Crippen LogP contribution is -2.46. The minimum absolute atomic E-state index is 0.0224. The second kappa shape index (κ2) is 14.0. The van der Waals surface area contributed by atoms with Gasteiger partial charge in [-0.1, -0.05) is 12.1 Å². The number of amides is 3. The number of nitrogens with one attached hydrogen (secondary N) is 2. The molecule has 16 heteroatoms. The minimum atomic E-state index is -4.78. The van der Waals surface area contributed by atoms with Gasteiger partial charge in [0.15, 0.2) is 11.3 Å². The summed E-state index contributed by atoms with van der Waals surface area (Å²) in [5, 5.41) is 9.90. The number of carbonyl (C=O) groups is 2. The SMILES string of the molecule is COCc1ccc(C)cc1N1C(=O)CSC1NC(=O)Nc1ccc(OCc2ncn(-c3ccc(OC(F)(F)F)cc3)n2)cc1OC. The van der Waals surface area contributed by atoms with Crippen molar-refractivity contribution in [1.82, 2.24) is 20.1 Å². The molecule has 2 heterocycles. The average Bonchev–Trinajstić information content (AvgIpc) is 3.63. The largest absolute Gasteiger partial charge is 0.573 e. The summed E-state index contributed by atoms with van der Waals surface area (Å²) < 4.78 is 59.0. The number of aryl methyl sites for hydroxylation is 1. The third-order valence-electron chi connectivity index (χ3n) is 6.59. The molecule has 1 atom stereocenters. The third kappa shape index (κ3) is 8.00. The molecule has 1 saturated heterocycles. The topological polar surface area (TPSA) is 129 Å². The van der Waals surface area contributed by atoms with Crippen LogP contribution in [-0.2, 0) is 22.7 Å². The van der Waals surface area contributed by atoms with E-state index in [9.17, 15) is 22.8 Å². The molecule has 1 aliphatic rings. The van der Waals surface area contributed by atoms with Gasteiger partial charge in [0.05, 0.1) is 36.5 Å². The fraction of sp³-hybridized carbons (Fsp3) is 0.267. The lowest BCUT2D eigenvalue weighted by Gasteiger charge is -2.27. The van der Waals surface area contributed by atoms with Gasteiger partial charge < -0.3 is 29.6 Å². The molecule has 1 fully saturated rings. The Kier molecular flexibility index (Phi) is 9.87. The first-order valence-corrected chi connectivity index (χ1v) is 14.7. The van der Waals surface area contributed by atoms with Crippen molar-refractivity contribution in [3.05, 3.63) is 83.9 Å². The van der Waals surface area contributed by atoms with Crippen LogP contribution in [0.4, 0.5) is 29.3 Å². The van der Waals surface area contributed by atoms with Crippen LogP contribution in [0.25, 0.3) is 5.69 Å². The molecule has 0 spiro atoms. The fourth-order valence-corrected chi connectivity index (χ4v) is 5.55. The van der Waals surface area contributed by atoms with Gasteiger partial charge in [0.25, 0.3) is 0 Å². The van der Waals surface area contributed by atoms with Crippen molar-refractivity contribution >= 4 is 35.1 Å². The normalized spacial score (nSPS) is 14.7. The molecule has 242 valence electrons. The predicted octanol–water partition coefficient (Wildman–Crippen LogP) is 5.39. The van der Waals surface area contributed by atoms with Crippen LogP contribution in [-0.4, -0.2) is 58.5 Å². The zero-order chi connectivity index (χ0) is 32.8. The summed E-state index contributed by atoms with van der Waals surface area (Å²) in [5.41, 5.74) is 2.66. The van der Waals surface area contributed by atoms with Crippen molar-refractivity contribution in [3.63, 3.8) is 0 Å². The summed E-state index contributed by atoms with van der Waals surface area (Å²) in [4.78, 5) is 31.6. The zero-order valence-corrected chi connectivity index (χ0v) is 25.6. The second-order valence-corrected chi connectivity index (χ2v) is 11.0. The highest BCUT2D eigenvalue weighted by atomic mass is 32.2. The number of benzene rings is 3. The van der Waals surface area contributed by atoms with Crippen molar-refractivity contribution in [2.24, 2.45) is 0 Å². The molecule has 0 saturated carbocycles. The Bertz CT molecular complexity index is 1700. The first-order chi connectivity index (χ1) is 22.0. The highest BCUT2D eigenvalue weighted by molar-refractivity contribution is 8.01. The predicted molar refractivity (Wildman–Crippen MR) is 163 cm³/mol. The molecule has 46 heavy (non-hydrogen) atoms. The number of methoxy groups -OCH3 is 2. The van der Waals surface area contributed by atoms with Crippen LogP contribution in [0.1, 0.15) is 17.0 Å². The number of alkyl halides is 3. The minimum Gasteiger partial charge on any atom is -0.494 e. The van der Waals surface area contributed by atoms with E-state index in [1.54, 1.807) is 30.2 Å². The summed E-state index contributed by atoms with van der Waals surface area (Å²) in [6, 6.07) is 15.2. The van der Waals surface area contributed by atoms with Gasteiger partial charge in [-0.05, 0) is 55.0 Å². The first-order valence-electron chi connectivity index (χ1n) is 13.7. The summed E-state index contributed by atoms with van der Waals surface area (Å²) >= 11 is 1.30. The molecule has 4 aromatic rings. The van der Waals surface area contributed by atoms with Crippen molar-refractivity contribution in [2.75, 3.05) is 30.2 Å². The first kappa shape index (κ1) is 32.4. The maximum Gasteiger partial charge on any atom is 0.573 e. The summed E-state index contributed by atoms with van der Waals surface area (Å²) in [5.74, 6) is 0.757. The van der Waals surface area contributed by atoms with E-state index in [1.807, 2.05) is 25.1 Å². The van der Waals surface area contributed by atoms with E-state index in [-0.39, 0.29) is 24.0 Å². The molecule has 1 aromatic heterocycles. The van der Waals surface area contributed by atoms with Crippen LogP contribution >= 0.6 is 11.8 Å². The van der Waals surface area contributed by atoms with Crippen molar-refractivity contribution < 1.29 is 41.7 Å². The number of hydrogen-bond acceptors (Lipinski definition) is 9. The number of rotatable bonds is 11. The van der Waals surface area contributed by atoms with E-state index in [0.717, 1.165) is 11.1 Å². The smallest absolute Gasteiger partial charge is 0.494 e. The Morgan fingerprint density at radius 2 is 1.80 bits per heavy atom. The van der Waals surface area contributed by atoms with Gasteiger partial charge in [-0.2, -0.15) is 0 Å². The Morgan fingerprint density at radius 3 is 2.52 bits per heavy atom. The lowest BCUT2D eigenvalue weighted by atomic mass is 10.1. The van der Waals surface area contributed by atoms with Gasteiger partial charge in [0.1, 0.15) is 30.2 Å². The molecule has 3 aromatic carbocycles. The van der Waals surface area contributed by atoms with Crippen LogP contribution in [0.2, 0.25) is 0 Å². The number of ether oxygens (including phenoxy) is 4. The van der Waals surface area contributed by atoms with Gasteiger partial charge in [0, 0.05) is 18.7 Å². The molecule has 0 radical (unpaired) electrons. The Balaban J connectivity index is 1.19. The Hall–Kier alpha value is -4.96. The summed E-state index contributed by atoms with van der Waals surface area (Å²) in [7, 11) is 3.02. The van der Waals surface area contributed by atoms with Gasteiger partial charge in [-0.15, -0.1) is 30.0 Å². The molecule has 1 aliphatic heterocycles. The van der Waals surface area contributed by atoms with E-state index in [1.165, 1.54) is 54.1 Å². The molecule has 1 unspecified atom stereocenters. The zero-order valence-electron chi connectivity index (χ0n) is 24.8. The highest BCUT2D eigenvalue weighted by Gasteiger charge is 2.35. The molecular formula is C30H29F3N6O6S. The molecular weight excluding hydrogens is 629 g/mol. The number of thioether (sulfide) groups is 1. The van der Waals surface area contributed by atoms with E-state index in [0.29, 0.717) is 41.0 Å². The monoisotopic (exact) mass is 658 g/mol. The van der Waals surface area contributed by atoms with Crippen LogP contribution < -0.4 is 29.7 Å². The van der Waals surface area contributed by atoms with Crippen molar-refractivity contribution in [2.45, 2.75) is 32.0 Å². The molecule has 12 nitrogen and oxygen atoms in total. The van der Waals surface area contributed by atoms with Gasteiger partial charge in [0.2, 0.25) is 5.91 Å². The number of halogens is 3. The molecule has 3 amide bonds. The number of aromatic nitrogens is 3. The number of carbonyl (C=O) groups excluding carboxylic acids is 2. The van der Waals surface area contributed by atoms with Crippen molar-refractivity contribution in [3.8, 4) is 22.9 Å². The maximum atomic E-state index is 13.0. The Labute approximate surface area is 265 Å². The molecule has 2 N–H and O–H groups in total. The standard InChI is InChI=1S/C30H29F3N6O6S/c1-18-4-5-19(14-42-2)24(12-18)39-27(40)16-46-29(39)36-28(41)35-23-11-10-22(13-25(23)43-3)44-15-26-34-17-38(37-26)20-6-8-21(9-7-20)45-30(31,32)33/h4-13,17,29H,14-16H2,1-3H3,(H2,35,36,41). The average molecular weight is 659 g/mol. The van der Waals surface area contributed by atoms with E-state index < -0.39 is 17.9 Å². The van der Waals surface area contributed by atoms with Crippen LogP contribution in [0.5, 0.6) is 17.2 Å². The molecule has 0 aliphatic carbocycles. The lowest BCUT2D eigenvalue weighted by molar-refractivity contribution is -0.274. The molecule has 0 bridgehead atoms. The van der Waals surface area contributed by atoms with E-state index in [2.05, 4.69) is 25.5 Å². The summed E-state index contributed by atoms with van der Waals surface area (Å²) in [6.45, 7) is 2.21. The number of urea groups is 1.